The van der Waals surface area contributed by atoms with E-state index < -0.39 is 5.97 Å². The summed E-state index contributed by atoms with van der Waals surface area (Å²) < 4.78 is 0. The second-order valence-electron chi connectivity index (χ2n) is 9.47. The fourth-order valence-corrected chi connectivity index (χ4v) is 3.77. The quantitative estimate of drug-likeness (QED) is 0.412. The molecule has 2 heterocycles. The number of hydrogen-bond acceptors (Lipinski definition) is 7. The number of carboxylic acid groups (broad SMARTS) is 1. The lowest BCUT2D eigenvalue weighted by Crippen LogP contribution is -2.55. The number of carboxylic acids is 1. The first-order valence-electron chi connectivity index (χ1n) is 12.6. The number of likely N-dealkylation sites (N-methyl/N-ethyl adjacent to an activating group) is 1. The molecule has 0 aliphatic carbocycles. The number of piperazine rings is 1. The van der Waals surface area contributed by atoms with E-state index in [-0.39, 0.29) is 5.66 Å². The maximum Gasteiger partial charge on any atom is 0.300 e. The molecule has 0 atom stereocenters. The van der Waals surface area contributed by atoms with Gasteiger partial charge in [-0.3, -0.25) is 4.79 Å². The van der Waals surface area contributed by atoms with Crippen LogP contribution in [0.5, 0.6) is 0 Å². The lowest BCUT2D eigenvalue weighted by molar-refractivity contribution is -0.134. The summed E-state index contributed by atoms with van der Waals surface area (Å²) in [5.74, 6) is 0.923. The maximum absolute atomic E-state index is 9.00. The van der Waals surface area contributed by atoms with Gasteiger partial charge in [-0.2, -0.15) is 4.99 Å². The topological polar surface area (TPSA) is 92.6 Å². The van der Waals surface area contributed by atoms with Crippen LogP contribution in [0.4, 0.5) is 0 Å². The number of hydrogen-bond donors (Lipinski definition) is 3. The summed E-state index contributed by atoms with van der Waals surface area (Å²) in [5.41, 5.74) is -0.305. The van der Waals surface area contributed by atoms with Crippen LogP contribution < -0.4 is 10.6 Å². The number of nitrogens with one attached hydrogen (secondary N) is 2. The fourth-order valence-electron chi connectivity index (χ4n) is 3.77. The molecule has 32 heavy (non-hydrogen) atoms. The number of carbonyl (C=O) groups is 1. The van der Waals surface area contributed by atoms with E-state index in [1.165, 1.54) is 64.2 Å². The van der Waals surface area contributed by atoms with Gasteiger partial charge in [-0.1, -0.05) is 64.7 Å². The zero-order chi connectivity index (χ0) is 23.8. The molecule has 2 aliphatic rings. The van der Waals surface area contributed by atoms with Crippen LogP contribution in [0, 0.1) is 0 Å². The molecule has 186 valence electrons. The molecule has 0 unspecified atom stereocenters. The van der Waals surface area contributed by atoms with Gasteiger partial charge in [0.25, 0.3) is 5.97 Å². The molecule has 8 nitrogen and oxygen atoms in total. The average Bonchev–Trinajstić information content (AvgIpc) is 2.71. The van der Waals surface area contributed by atoms with Crippen LogP contribution in [0.15, 0.2) is 9.98 Å². The lowest BCUT2D eigenvalue weighted by Gasteiger charge is -2.37. The van der Waals surface area contributed by atoms with Gasteiger partial charge in [-0.25, -0.2) is 4.99 Å². The SMILES string of the molecule is CC(=O)O.CCCCCCCCCCCCNC1=NC(N2CCN(C)CC2)=NC(C)(C)N1. The number of aliphatic imine (C=N–C) groups is 2. The summed E-state index contributed by atoms with van der Waals surface area (Å²) in [4.78, 5) is 23.2. The van der Waals surface area contributed by atoms with Gasteiger partial charge in [0.15, 0.2) is 0 Å². The molecule has 0 radical (unpaired) electrons. The highest BCUT2D eigenvalue weighted by Crippen LogP contribution is 2.13. The molecule has 8 heteroatoms. The smallest absolute Gasteiger partial charge is 0.300 e. The first-order valence-corrected chi connectivity index (χ1v) is 12.6. The number of nitrogens with zero attached hydrogens (tertiary/aromatic N) is 4. The summed E-state index contributed by atoms with van der Waals surface area (Å²) in [6, 6.07) is 0. The molecule has 0 spiro atoms. The Morgan fingerprint density at radius 1 is 1.00 bits per heavy atom. The largest absolute Gasteiger partial charge is 0.481 e. The highest BCUT2D eigenvalue weighted by Gasteiger charge is 2.27. The Morgan fingerprint density at radius 2 is 1.50 bits per heavy atom. The van der Waals surface area contributed by atoms with Crippen molar-refractivity contribution in [2.75, 3.05) is 39.8 Å². The molecule has 0 bridgehead atoms. The summed E-state index contributed by atoms with van der Waals surface area (Å²) in [6.07, 6.45) is 13.7. The van der Waals surface area contributed by atoms with Gasteiger partial charge in [0, 0.05) is 39.6 Å². The van der Waals surface area contributed by atoms with Crippen LogP contribution in [0.3, 0.4) is 0 Å². The molecular weight excluding hydrogens is 404 g/mol. The number of unbranched alkanes of at least 4 members (excludes halogenated alkanes) is 9. The zero-order valence-corrected chi connectivity index (χ0v) is 21.3. The van der Waals surface area contributed by atoms with Crippen molar-refractivity contribution in [2.45, 2.75) is 97.6 Å². The van der Waals surface area contributed by atoms with E-state index in [0.29, 0.717) is 0 Å². The molecule has 1 fully saturated rings. The fraction of sp³-hybridized carbons (Fsp3) is 0.875. The van der Waals surface area contributed by atoms with Gasteiger partial charge in [0.05, 0.1) is 0 Å². The Labute approximate surface area is 195 Å². The normalized spacial score (nSPS) is 18.1. The number of rotatable bonds is 11. The van der Waals surface area contributed by atoms with Crippen molar-refractivity contribution in [3.8, 4) is 0 Å². The average molecular weight is 453 g/mol. The van der Waals surface area contributed by atoms with Crippen molar-refractivity contribution in [1.82, 2.24) is 20.4 Å². The Morgan fingerprint density at radius 3 is 2.03 bits per heavy atom. The second-order valence-corrected chi connectivity index (χ2v) is 9.47. The van der Waals surface area contributed by atoms with Gasteiger partial charge in [-0.15, -0.1) is 0 Å². The molecule has 0 aromatic rings. The van der Waals surface area contributed by atoms with Gasteiger partial charge in [0.1, 0.15) is 5.66 Å². The molecule has 0 amide bonds. The van der Waals surface area contributed by atoms with E-state index in [2.05, 4.69) is 48.3 Å². The summed E-state index contributed by atoms with van der Waals surface area (Å²) in [6.45, 7) is 12.7. The maximum atomic E-state index is 9.00. The van der Waals surface area contributed by atoms with Crippen LogP contribution in [0.1, 0.15) is 91.9 Å². The molecule has 0 aromatic carbocycles. The first-order chi connectivity index (χ1) is 15.2. The third-order valence-corrected chi connectivity index (χ3v) is 5.62. The van der Waals surface area contributed by atoms with Crippen LogP contribution in [0.2, 0.25) is 0 Å². The van der Waals surface area contributed by atoms with Crippen molar-refractivity contribution < 1.29 is 9.90 Å². The third-order valence-electron chi connectivity index (χ3n) is 5.62. The van der Waals surface area contributed by atoms with E-state index in [4.69, 9.17) is 19.9 Å². The van der Waals surface area contributed by atoms with Gasteiger partial charge >= 0.3 is 0 Å². The predicted molar refractivity (Wildman–Crippen MR) is 134 cm³/mol. The molecule has 2 aliphatic heterocycles. The highest BCUT2D eigenvalue weighted by molar-refractivity contribution is 5.97. The number of aliphatic carboxylic acids is 1. The summed E-state index contributed by atoms with van der Waals surface area (Å²) in [5, 5.41) is 14.3. The van der Waals surface area contributed by atoms with E-state index in [9.17, 15) is 0 Å². The standard InChI is InChI=1S/C22H44N6.C2H4O2/c1-5-6-7-8-9-10-11-12-13-14-15-23-20-24-21(26-22(2,3)25-20)28-18-16-27(4)17-19-28;1-2(3)4/h5-19H2,1-4H3,(H2,23,24,25,26);1H3,(H,3,4). The van der Waals surface area contributed by atoms with Gasteiger partial charge in [0.2, 0.25) is 11.9 Å². The van der Waals surface area contributed by atoms with Crippen LogP contribution >= 0.6 is 0 Å². The minimum absolute atomic E-state index is 0.305. The molecule has 0 saturated carbocycles. The van der Waals surface area contributed by atoms with Crippen molar-refractivity contribution in [3.63, 3.8) is 0 Å². The molecule has 2 rings (SSSR count). The number of guanidine groups is 2. The molecule has 1 saturated heterocycles. The van der Waals surface area contributed by atoms with Crippen molar-refractivity contribution in [3.05, 3.63) is 0 Å². The second kappa shape index (κ2) is 15.9. The minimum atomic E-state index is -0.833. The van der Waals surface area contributed by atoms with E-state index in [0.717, 1.165) is 51.6 Å². The monoisotopic (exact) mass is 452 g/mol. The van der Waals surface area contributed by atoms with E-state index >= 15 is 0 Å². The van der Waals surface area contributed by atoms with Crippen molar-refractivity contribution in [1.29, 1.82) is 0 Å². The predicted octanol–water partition coefficient (Wildman–Crippen LogP) is 3.89. The molecular formula is C24H48N6O2. The lowest BCUT2D eigenvalue weighted by atomic mass is 10.1. The van der Waals surface area contributed by atoms with Crippen molar-refractivity contribution >= 4 is 17.9 Å². The van der Waals surface area contributed by atoms with Crippen molar-refractivity contribution in [2.24, 2.45) is 9.98 Å². The van der Waals surface area contributed by atoms with E-state index in [1.54, 1.807) is 0 Å². The Balaban J connectivity index is 0.00000118. The van der Waals surface area contributed by atoms with E-state index in [1.807, 2.05) is 0 Å². The Bertz CT molecular complexity index is 579. The summed E-state index contributed by atoms with van der Waals surface area (Å²) >= 11 is 0. The Hall–Kier alpha value is -1.83. The Kier molecular flexibility index (Phi) is 14.0. The highest BCUT2D eigenvalue weighted by atomic mass is 16.4. The van der Waals surface area contributed by atoms with Crippen LogP contribution in [0.25, 0.3) is 0 Å². The third kappa shape index (κ3) is 13.6. The van der Waals surface area contributed by atoms with Gasteiger partial charge in [-0.05, 0) is 27.3 Å². The molecule has 3 N–H and O–H groups in total. The summed E-state index contributed by atoms with van der Waals surface area (Å²) in [7, 11) is 2.17. The van der Waals surface area contributed by atoms with Crippen LogP contribution in [-0.2, 0) is 4.79 Å². The zero-order valence-electron chi connectivity index (χ0n) is 21.3. The van der Waals surface area contributed by atoms with Gasteiger partial charge < -0.3 is 25.5 Å². The molecule has 0 aromatic heterocycles. The minimum Gasteiger partial charge on any atom is -0.481 e. The van der Waals surface area contributed by atoms with Crippen LogP contribution in [-0.4, -0.2) is 78.2 Å². The first kappa shape index (κ1) is 28.2.